The first kappa shape index (κ1) is 16.6. The molecule has 0 spiro atoms. The van der Waals surface area contributed by atoms with E-state index in [1.807, 2.05) is 0 Å². The molecule has 2 aromatic rings. The number of nitrogens with one attached hydrogen (secondary N) is 1. The molecule has 1 aromatic carbocycles. The molecule has 7 heteroatoms. The number of hydrogen-bond donors (Lipinski definition) is 1. The molecule has 2 rings (SSSR count). The van der Waals surface area contributed by atoms with Crippen LogP contribution in [0.15, 0.2) is 45.5 Å². The highest BCUT2D eigenvalue weighted by Crippen LogP contribution is 2.21. The third kappa shape index (κ3) is 4.35. The minimum Gasteiger partial charge on any atom is -0.467 e. The van der Waals surface area contributed by atoms with Gasteiger partial charge in [0.05, 0.1) is 22.9 Å². The summed E-state index contributed by atoms with van der Waals surface area (Å²) in [5, 5.41) is 2.92. The van der Waals surface area contributed by atoms with E-state index in [0.29, 0.717) is 10.2 Å². The van der Waals surface area contributed by atoms with Crippen molar-refractivity contribution in [3.63, 3.8) is 0 Å². The molecule has 0 saturated carbocycles. The van der Waals surface area contributed by atoms with Gasteiger partial charge in [-0.1, -0.05) is 27.5 Å². The van der Waals surface area contributed by atoms with Crippen molar-refractivity contribution < 1.29 is 18.7 Å². The summed E-state index contributed by atoms with van der Waals surface area (Å²) in [7, 11) is 0. The van der Waals surface area contributed by atoms with E-state index < -0.39 is 18.5 Å². The Bertz CT molecular complexity index is 672. The number of carbonyl (C=O) groups is 2. The van der Waals surface area contributed by atoms with Crippen molar-refractivity contribution in [2.24, 2.45) is 0 Å². The van der Waals surface area contributed by atoms with Crippen molar-refractivity contribution in [3.05, 3.63) is 57.4 Å². The van der Waals surface area contributed by atoms with Gasteiger partial charge >= 0.3 is 5.97 Å². The van der Waals surface area contributed by atoms with Crippen LogP contribution in [0.3, 0.4) is 0 Å². The third-order valence-corrected chi connectivity index (χ3v) is 3.65. The van der Waals surface area contributed by atoms with Crippen LogP contribution in [0, 0.1) is 0 Å². The number of carbonyl (C=O) groups excluding carboxylic acids is 2. The van der Waals surface area contributed by atoms with E-state index in [1.54, 1.807) is 31.2 Å². The van der Waals surface area contributed by atoms with Crippen molar-refractivity contribution in [1.82, 2.24) is 5.32 Å². The summed E-state index contributed by atoms with van der Waals surface area (Å²) < 4.78 is 10.8. The SMILES string of the molecule is C[C@H](NC(=O)COC(=O)c1cc(Br)ccc1Cl)c1ccco1. The molecule has 0 saturated heterocycles. The van der Waals surface area contributed by atoms with Crippen LogP contribution >= 0.6 is 27.5 Å². The minimum atomic E-state index is -0.660. The lowest BCUT2D eigenvalue weighted by molar-refractivity contribution is -0.125. The summed E-state index contributed by atoms with van der Waals surface area (Å²) in [6.07, 6.45) is 1.52. The van der Waals surface area contributed by atoms with Crippen LogP contribution in [-0.2, 0) is 9.53 Å². The predicted octanol–water partition coefficient (Wildman–Crippen LogP) is 3.73. The number of hydrogen-bond acceptors (Lipinski definition) is 4. The van der Waals surface area contributed by atoms with Gasteiger partial charge in [-0.25, -0.2) is 4.79 Å². The van der Waals surface area contributed by atoms with E-state index in [2.05, 4.69) is 21.2 Å². The molecule has 0 aliphatic rings. The van der Waals surface area contributed by atoms with Gasteiger partial charge in [0.25, 0.3) is 5.91 Å². The fourth-order valence-electron chi connectivity index (χ4n) is 1.75. The Balaban J connectivity index is 1.88. The molecule has 0 unspecified atom stereocenters. The van der Waals surface area contributed by atoms with E-state index in [4.69, 9.17) is 20.8 Å². The molecule has 1 aromatic heterocycles. The van der Waals surface area contributed by atoms with E-state index in [0.717, 1.165) is 0 Å². The lowest BCUT2D eigenvalue weighted by atomic mass is 10.2. The van der Waals surface area contributed by atoms with Gasteiger partial charge < -0.3 is 14.5 Å². The highest BCUT2D eigenvalue weighted by atomic mass is 79.9. The zero-order valence-electron chi connectivity index (χ0n) is 11.6. The molecular weight excluding hydrogens is 374 g/mol. The van der Waals surface area contributed by atoms with Crippen molar-refractivity contribution in [3.8, 4) is 0 Å². The standard InChI is InChI=1S/C15H13BrClNO4/c1-9(13-3-2-6-21-13)18-14(19)8-22-15(20)11-7-10(16)4-5-12(11)17/h2-7,9H,8H2,1H3,(H,18,19)/t9-/m0/s1. The van der Waals surface area contributed by atoms with Crippen LogP contribution in [-0.4, -0.2) is 18.5 Å². The second-order valence-corrected chi connectivity index (χ2v) is 5.83. The maximum absolute atomic E-state index is 11.9. The summed E-state index contributed by atoms with van der Waals surface area (Å²) in [6.45, 7) is 1.37. The molecule has 0 aliphatic carbocycles. The Morgan fingerprint density at radius 3 is 2.86 bits per heavy atom. The monoisotopic (exact) mass is 385 g/mol. The first-order valence-electron chi connectivity index (χ1n) is 6.42. The molecule has 0 bridgehead atoms. The zero-order valence-corrected chi connectivity index (χ0v) is 14.0. The van der Waals surface area contributed by atoms with Gasteiger partial charge in [0.15, 0.2) is 6.61 Å². The van der Waals surface area contributed by atoms with Gasteiger partial charge in [-0.05, 0) is 37.3 Å². The predicted molar refractivity (Wildman–Crippen MR) is 84.7 cm³/mol. The van der Waals surface area contributed by atoms with E-state index in [-0.39, 0.29) is 16.6 Å². The molecule has 1 heterocycles. The van der Waals surface area contributed by atoms with Gasteiger partial charge in [-0.3, -0.25) is 4.79 Å². The summed E-state index contributed by atoms with van der Waals surface area (Å²) in [5.74, 6) is -0.467. The zero-order chi connectivity index (χ0) is 16.1. The van der Waals surface area contributed by atoms with Crippen molar-refractivity contribution >= 4 is 39.4 Å². The first-order valence-corrected chi connectivity index (χ1v) is 7.59. The smallest absolute Gasteiger partial charge is 0.340 e. The van der Waals surface area contributed by atoms with Crippen LogP contribution in [0.25, 0.3) is 0 Å². The highest BCUT2D eigenvalue weighted by molar-refractivity contribution is 9.10. The number of ether oxygens (including phenoxy) is 1. The van der Waals surface area contributed by atoms with Gasteiger partial charge in [0, 0.05) is 4.47 Å². The molecule has 0 aliphatic heterocycles. The molecule has 0 fully saturated rings. The van der Waals surface area contributed by atoms with E-state index >= 15 is 0 Å². The topological polar surface area (TPSA) is 68.5 Å². The molecule has 1 N–H and O–H groups in total. The number of benzene rings is 1. The summed E-state index contributed by atoms with van der Waals surface area (Å²) in [6, 6.07) is 7.98. The molecular formula is C15H13BrClNO4. The Kier molecular flexibility index (Phi) is 5.63. The molecule has 22 heavy (non-hydrogen) atoms. The number of amides is 1. The summed E-state index contributed by atoms with van der Waals surface area (Å²) in [4.78, 5) is 23.7. The van der Waals surface area contributed by atoms with Gasteiger partial charge in [0.1, 0.15) is 5.76 Å². The maximum atomic E-state index is 11.9. The number of furan rings is 1. The van der Waals surface area contributed by atoms with Gasteiger partial charge in [-0.15, -0.1) is 0 Å². The van der Waals surface area contributed by atoms with Crippen molar-refractivity contribution in [1.29, 1.82) is 0 Å². The van der Waals surface area contributed by atoms with Gasteiger partial charge in [-0.2, -0.15) is 0 Å². The fourth-order valence-corrected chi connectivity index (χ4v) is 2.31. The van der Waals surface area contributed by atoms with Gasteiger partial charge in [0.2, 0.25) is 0 Å². The highest BCUT2D eigenvalue weighted by Gasteiger charge is 2.16. The van der Waals surface area contributed by atoms with Crippen LogP contribution in [0.5, 0.6) is 0 Å². The van der Waals surface area contributed by atoms with Crippen LogP contribution < -0.4 is 5.32 Å². The van der Waals surface area contributed by atoms with Crippen LogP contribution in [0.2, 0.25) is 5.02 Å². The van der Waals surface area contributed by atoms with E-state index in [1.165, 1.54) is 12.3 Å². The Labute approximate surface area is 140 Å². The van der Waals surface area contributed by atoms with Crippen molar-refractivity contribution in [2.75, 3.05) is 6.61 Å². The van der Waals surface area contributed by atoms with Crippen LogP contribution in [0.4, 0.5) is 0 Å². The second-order valence-electron chi connectivity index (χ2n) is 4.50. The quantitative estimate of drug-likeness (QED) is 0.795. The van der Waals surface area contributed by atoms with E-state index in [9.17, 15) is 9.59 Å². The normalized spacial score (nSPS) is 11.8. The largest absolute Gasteiger partial charge is 0.467 e. The average molecular weight is 387 g/mol. The summed E-state index contributed by atoms with van der Waals surface area (Å²) in [5.41, 5.74) is 0.197. The molecule has 0 radical (unpaired) electrons. The Morgan fingerprint density at radius 1 is 1.41 bits per heavy atom. The fraction of sp³-hybridized carbons (Fsp3) is 0.200. The van der Waals surface area contributed by atoms with Crippen LogP contribution in [0.1, 0.15) is 29.1 Å². The Morgan fingerprint density at radius 2 is 2.18 bits per heavy atom. The third-order valence-electron chi connectivity index (χ3n) is 2.83. The molecule has 5 nitrogen and oxygen atoms in total. The molecule has 1 atom stereocenters. The first-order chi connectivity index (χ1) is 10.5. The maximum Gasteiger partial charge on any atom is 0.340 e. The second kappa shape index (κ2) is 7.47. The number of rotatable bonds is 5. The molecule has 116 valence electrons. The van der Waals surface area contributed by atoms with Crippen molar-refractivity contribution in [2.45, 2.75) is 13.0 Å². The lowest BCUT2D eigenvalue weighted by Crippen LogP contribution is -2.31. The Hall–Kier alpha value is -1.79. The molecule has 1 amide bonds. The average Bonchev–Trinajstić information content (AvgIpc) is 3.01. The summed E-state index contributed by atoms with van der Waals surface area (Å²) >= 11 is 9.17. The minimum absolute atomic E-state index is 0.197. The lowest BCUT2D eigenvalue weighted by Gasteiger charge is -2.12. The number of halogens is 2. The number of esters is 1.